The lowest BCUT2D eigenvalue weighted by Crippen LogP contribution is -2.43. The first-order valence-electron chi connectivity index (χ1n) is 10.5. The lowest BCUT2D eigenvalue weighted by Gasteiger charge is -2.37. The van der Waals surface area contributed by atoms with E-state index in [0.29, 0.717) is 6.04 Å². The van der Waals surface area contributed by atoms with Gasteiger partial charge < -0.3 is 4.90 Å². The van der Waals surface area contributed by atoms with E-state index in [0.717, 1.165) is 37.6 Å². The normalized spacial score (nSPS) is 15.9. The summed E-state index contributed by atoms with van der Waals surface area (Å²) in [5.41, 5.74) is 6.10. The van der Waals surface area contributed by atoms with Gasteiger partial charge in [-0.25, -0.2) is 4.68 Å². The van der Waals surface area contributed by atoms with Crippen LogP contribution >= 0.6 is 0 Å². The van der Waals surface area contributed by atoms with Crippen molar-refractivity contribution in [3.05, 3.63) is 77.4 Å². The molecular weight excluding hydrogens is 358 g/mol. The molecule has 29 heavy (non-hydrogen) atoms. The van der Waals surface area contributed by atoms with E-state index in [1.165, 1.54) is 29.7 Å². The van der Waals surface area contributed by atoms with Crippen molar-refractivity contribution in [3.63, 3.8) is 0 Å². The molecule has 3 aromatic rings. The van der Waals surface area contributed by atoms with E-state index < -0.39 is 0 Å². The maximum Gasteiger partial charge on any atom is 0.0648 e. The largest absolute Gasteiger partial charge is 0.306 e. The Labute approximate surface area is 174 Å². The van der Waals surface area contributed by atoms with Crippen LogP contribution in [0.1, 0.15) is 35.4 Å². The van der Waals surface area contributed by atoms with Crippen molar-refractivity contribution in [2.45, 2.75) is 45.8 Å². The standard InChI is InChI=1S/C24H31N5/c1-19-24(20(2)29(26-19)23-9-5-4-6-10-23)18-28(17-21-8-7-13-25-16-21)22-11-14-27(3)15-12-22/h4-10,13,16,22H,11-12,14-15,17-18H2,1-3H3. The highest BCUT2D eigenvalue weighted by Gasteiger charge is 2.25. The van der Waals surface area contributed by atoms with Crippen LogP contribution in [0, 0.1) is 13.8 Å². The Balaban J connectivity index is 1.61. The van der Waals surface area contributed by atoms with Gasteiger partial charge in [0.05, 0.1) is 11.4 Å². The van der Waals surface area contributed by atoms with Crippen LogP contribution in [0.5, 0.6) is 0 Å². The van der Waals surface area contributed by atoms with Crippen molar-refractivity contribution < 1.29 is 0 Å². The molecule has 3 heterocycles. The lowest BCUT2D eigenvalue weighted by molar-refractivity contribution is 0.107. The molecule has 0 saturated carbocycles. The number of hydrogen-bond donors (Lipinski definition) is 0. The number of nitrogens with zero attached hydrogens (tertiary/aromatic N) is 5. The predicted molar refractivity (Wildman–Crippen MR) is 117 cm³/mol. The Kier molecular flexibility index (Phi) is 6.07. The Bertz CT molecular complexity index is 911. The van der Waals surface area contributed by atoms with Gasteiger partial charge in [-0.05, 0) is 70.6 Å². The number of rotatable bonds is 6. The van der Waals surface area contributed by atoms with Crippen molar-refractivity contribution in [2.24, 2.45) is 0 Å². The molecule has 0 aliphatic carbocycles. The molecule has 0 N–H and O–H groups in total. The summed E-state index contributed by atoms with van der Waals surface area (Å²) < 4.78 is 2.08. The predicted octanol–water partition coefficient (Wildman–Crippen LogP) is 3.98. The molecule has 0 spiro atoms. The average Bonchev–Trinajstić information content (AvgIpc) is 3.03. The molecule has 0 atom stereocenters. The zero-order chi connectivity index (χ0) is 20.2. The van der Waals surface area contributed by atoms with Crippen LogP contribution in [0.3, 0.4) is 0 Å². The molecular formula is C24H31N5. The second-order valence-corrected chi connectivity index (χ2v) is 8.20. The molecule has 0 amide bonds. The number of likely N-dealkylation sites (tertiary alicyclic amines) is 1. The van der Waals surface area contributed by atoms with Gasteiger partial charge in [0, 0.05) is 42.8 Å². The molecule has 2 aromatic heterocycles. The monoisotopic (exact) mass is 389 g/mol. The summed E-state index contributed by atoms with van der Waals surface area (Å²) in [6.07, 6.45) is 6.26. The van der Waals surface area contributed by atoms with Gasteiger partial charge in [-0.3, -0.25) is 9.88 Å². The van der Waals surface area contributed by atoms with Crippen molar-refractivity contribution in [2.75, 3.05) is 20.1 Å². The minimum absolute atomic E-state index is 0.588. The fraction of sp³-hybridized carbons (Fsp3) is 0.417. The number of aromatic nitrogens is 3. The van der Waals surface area contributed by atoms with Crippen LogP contribution in [0.2, 0.25) is 0 Å². The minimum atomic E-state index is 0.588. The molecule has 0 radical (unpaired) electrons. The summed E-state index contributed by atoms with van der Waals surface area (Å²) in [6, 6.07) is 15.2. The van der Waals surface area contributed by atoms with Gasteiger partial charge >= 0.3 is 0 Å². The second kappa shape index (κ2) is 8.89. The van der Waals surface area contributed by atoms with Crippen LogP contribution in [-0.4, -0.2) is 50.7 Å². The third kappa shape index (κ3) is 4.57. The highest BCUT2D eigenvalue weighted by Crippen LogP contribution is 2.25. The minimum Gasteiger partial charge on any atom is -0.306 e. The Hall–Kier alpha value is -2.50. The summed E-state index contributed by atoms with van der Waals surface area (Å²) >= 11 is 0. The first kappa shape index (κ1) is 19.8. The molecule has 4 rings (SSSR count). The molecule has 0 unspecified atom stereocenters. The lowest BCUT2D eigenvalue weighted by atomic mass is 10.0. The van der Waals surface area contributed by atoms with Crippen molar-refractivity contribution in [3.8, 4) is 5.69 Å². The average molecular weight is 390 g/mol. The molecule has 152 valence electrons. The highest BCUT2D eigenvalue weighted by molar-refractivity contribution is 5.37. The molecule has 5 nitrogen and oxygen atoms in total. The zero-order valence-corrected chi connectivity index (χ0v) is 17.8. The van der Waals surface area contributed by atoms with Gasteiger partial charge in [-0.1, -0.05) is 24.3 Å². The first-order chi connectivity index (χ1) is 14.1. The second-order valence-electron chi connectivity index (χ2n) is 8.20. The first-order valence-corrected chi connectivity index (χ1v) is 10.5. The fourth-order valence-electron chi connectivity index (χ4n) is 4.33. The van der Waals surface area contributed by atoms with Gasteiger partial charge in [0.25, 0.3) is 0 Å². The summed E-state index contributed by atoms with van der Waals surface area (Å²) in [5.74, 6) is 0. The van der Waals surface area contributed by atoms with E-state index >= 15 is 0 Å². The van der Waals surface area contributed by atoms with Gasteiger partial charge in [-0.2, -0.15) is 5.10 Å². The summed E-state index contributed by atoms with van der Waals surface area (Å²) in [5, 5.41) is 4.87. The number of piperidine rings is 1. The quantitative estimate of drug-likeness (QED) is 0.639. The summed E-state index contributed by atoms with van der Waals surface area (Å²) in [6.45, 7) is 8.51. The summed E-state index contributed by atoms with van der Waals surface area (Å²) in [7, 11) is 2.22. The zero-order valence-electron chi connectivity index (χ0n) is 17.8. The maximum atomic E-state index is 4.87. The van der Waals surface area contributed by atoms with E-state index in [1.807, 2.05) is 24.5 Å². The fourth-order valence-corrected chi connectivity index (χ4v) is 4.33. The number of para-hydroxylation sites is 1. The van der Waals surface area contributed by atoms with Gasteiger partial charge in [0.1, 0.15) is 0 Å². The van der Waals surface area contributed by atoms with Crippen LogP contribution in [0.15, 0.2) is 54.9 Å². The van der Waals surface area contributed by atoms with Crippen LogP contribution in [0.25, 0.3) is 5.69 Å². The smallest absolute Gasteiger partial charge is 0.0648 e. The maximum absolute atomic E-state index is 4.87. The SMILES string of the molecule is Cc1nn(-c2ccccc2)c(C)c1CN(Cc1cccnc1)C1CCN(C)CC1. The topological polar surface area (TPSA) is 37.2 Å². The van der Waals surface area contributed by atoms with Gasteiger partial charge in [0.15, 0.2) is 0 Å². The van der Waals surface area contributed by atoms with Gasteiger partial charge in [-0.15, -0.1) is 0 Å². The summed E-state index contributed by atoms with van der Waals surface area (Å²) in [4.78, 5) is 9.40. The van der Waals surface area contributed by atoms with Crippen LogP contribution in [-0.2, 0) is 13.1 Å². The molecule has 1 fully saturated rings. The van der Waals surface area contributed by atoms with Crippen molar-refractivity contribution in [1.29, 1.82) is 0 Å². The van der Waals surface area contributed by atoms with E-state index in [-0.39, 0.29) is 0 Å². The molecule has 0 bridgehead atoms. The number of aryl methyl sites for hydroxylation is 1. The molecule has 5 heteroatoms. The van der Waals surface area contributed by atoms with Crippen LogP contribution in [0.4, 0.5) is 0 Å². The molecule has 1 aliphatic rings. The van der Waals surface area contributed by atoms with Crippen molar-refractivity contribution in [1.82, 2.24) is 24.6 Å². The highest BCUT2D eigenvalue weighted by atomic mass is 15.3. The Morgan fingerprint density at radius 3 is 2.45 bits per heavy atom. The molecule has 1 aliphatic heterocycles. The van der Waals surface area contributed by atoms with Gasteiger partial charge in [0.2, 0.25) is 0 Å². The molecule has 1 saturated heterocycles. The van der Waals surface area contributed by atoms with E-state index in [2.05, 4.69) is 70.7 Å². The van der Waals surface area contributed by atoms with Crippen molar-refractivity contribution >= 4 is 0 Å². The third-order valence-corrected chi connectivity index (χ3v) is 6.12. The number of pyridine rings is 1. The molecule has 1 aromatic carbocycles. The van der Waals surface area contributed by atoms with E-state index in [1.54, 1.807) is 0 Å². The van der Waals surface area contributed by atoms with Crippen LogP contribution < -0.4 is 0 Å². The Morgan fingerprint density at radius 1 is 1.00 bits per heavy atom. The Morgan fingerprint density at radius 2 is 1.76 bits per heavy atom. The van der Waals surface area contributed by atoms with E-state index in [9.17, 15) is 0 Å². The third-order valence-electron chi connectivity index (χ3n) is 6.12. The number of benzene rings is 1. The van der Waals surface area contributed by atoms with E-state index in [4.69, 9.17) is 5.10 Å². The number of hydrogen-bond acceptors (Lipinski definition) is 4.